The van der Waals surface area contributed by atoms with Crippen LogP contribution in [-0.4, -0.2) is 11.2 Å². The van der Waals surface area contributed by atoms with E-state index in [2.05, 4.69) is 4.98 Å². The first-order chi connectivity index (χ1) is 4.75. The first-order valence-corrected chi connectivity index (χ1v) is 3.27. The van der Waals surface area contributed by atoms with Crippen molar-refractivity contribution in [1.82, 2.24) is 10.4 Å². The van der Waals surface area contributed by atoms with Crippen LogP contribution in [0.1, 0.15) is 5.56 Å². The Morgan fingerprint density at radius 3 is 2.10 bits per heavy atom. The van der Waals surface area contributed by atoms with Gasteiger partial charge in [0.2, 0.25) is 0 Å². The van der Waals surface area contributed by atoms with Crippen LogP contribution in [0.25, 0.3) is 0 Å². The van der Waals surface area contributed by atoms with Crippen molar-refractivity contribution in [2.75, 3.05) is 0 Å². The average Bonchev–Trinajstić information content (AvgIpc) is 1.88. The Bertz CT molecular complexity index is 240. The molecule has 0 N–H and O–H groups in total. The maximum absolute atomic E-state index is 8.58. The number of nitrogens with zero attached hydrogens (tertiary/aromatic N) is 2. The molecule has 0 fully saturated rings. The van der Waals surface area contributed by atoms with Gasteiger partial charge in [-0.25, -0.2) is 0 Å². The smallest absolute Gasteiger partial charge is 0.0692 e. The highest BCUT2D eigenvalue weighted by Gasteiger charge is 2.01. The molecule has 1 rings (SSSR count). The number of hydrogen-bond donors (Lipinski definition) is 0. The lowest BCUT2D eigenvalue weighted by Gasteiger charge is -1.95. The monoisotopic (exact) mass is 173 g/mol. The maximum atomic E-state index is 8.58. The molecule has 1 aromatic rings. The molecule has 0 unspecified atom stereocenters. The van der Waals surface area contributed by atoms with Crippen LogP contribution in [0, 0.1) is 0 Å². The lowest BCUT2D eigenvalue weighted by molar-refractivity contribution is 1.32. The molecule has 0 bridgehead atoms. The predicted molar refractivity (Wildman–Crippen MR) is 41.6 cm³/mol. The fourth-order valence-corrected chi connectivity index (χ4v) is 1.01. The van der Waals surface area contributed by atoms with Crippen LogP contribution in [0.5, 0.6) is 0 Å². The van der Waals surface area contributed by atoms with Gasteiger partial charge < -0.3 is 0 Å². The van der Waals surface area contributed by atoms with E-state index in [1.54, 1.807) is 0 Å². The van der Waals surface area contributed by atoms with E-state index in [0.717, 1.165) is 6.21 Å². The van der Waals surface area contributed by atoms with Gasteiger partial charge in [0, 0.05) is 18.0 Å². The summed E-state index contributed by atoms with van der Waals surface area (Å²) in [5, 5.41) is 9.26. The van der Waals surface area contributed by atoms with Crippen molar-refractivity contribution in [3.8, 4) is 0 Å². The molecule has 0 aliphatic heterocycles. The van der Waals surface area contributed by atoms with Gasteiger partial charge in [-0.3, -0.25) is 4.98 Å². The summed E-state index contributed by atoms with van der Waals surface area (Å²) in [4.78, 5) is 3.70. The molecule has 0 aliphatic rings. The van der Waals surface area contributed by atoms with Crippen molar-refractivity contribution >= 4 is 29.4 Å². The van der Waals surface area contributed by atoms with Crippen molar-refractivity contribution in [2.24, 2.45) is 0 Å². The van der Waals surface area contributed by atoms with Gasteiger partial charge in [0.05, 0.1) is 16.3 Å². The molecule has 1 heterocycles. The maximum Gasteiger partial charge on any atom is 0.0692 e. The second-order valence-corrected chi connectivity index (χ2v) is 2.46. The van der Waals surface area contributed by atoms with Gasteiger partial charge in [-0.05, 0) is 0 Å². The SMILES string of the molecule is [N]=Cc1c(Cl)cncc1Cl. The molecule has 0 saturated heterocycles. The second-order valence-electron chi connectivity index (χ2n) is 1.65. The zero-order valence-electron chi connectivity index (χ0n) is 4.88. The van der Waals surface area contributed by atoms with Gasteiger partial charge in [-0.15, -0.1) is 0 Å². The Morgan fingerprint density at radius 1 is 1.30 bits per heavy atom. The topological polar surface area (TPSA) is 35.2 Å². The lowest BCUT2D eigenvalue weighted by Crippen LogP contribution is -1.86. The Labute approximate surface area is 68.3 Å². The average molecular weight is 174 g/mol. The molecule has 0 amide bonds. The van der Waals surface area contributed by atoms with Crippen LogP contribution in [0.4, 0.5) is 0 Å². The number of hydrogen-bond acceptors (Lipinski definition) is 1. The number of aromatic nitrogens is 1. The van der Waals surface area contributed by atoms with Crippen LogP contribution in [0.15, 0.2) is 12.4 Å². The van der Waals surface area contributed by atoms with Crippen molar-refractivity contribution < 1.29 is 0 Å². The fraction of sp³-hybridized carbons (Fsp3) is 0. The van der Waals surface area contributed by atoms with Crippen LogP contribution >= 0.6 is 23.2 Å². The minimum atomic E-state index is 0.343. The molecule has 2 nitrogen and oxygen atoms in total. The lowest BCUT2D eigenvalue weighted by atomic mass is 10.3. The number of rotatable bonds is 1. The molecule has 4 heteroatoms. The van der Waals surface area contributed by atoms with Crippen LogP contribution in [-0.2, 0) is 0 Å². The first kappa shape index (κ1) is 7.51. The standard InChI is InChI=1S/C6H3Cl2N2/c7-5-2-10-3-6(8)4(5)1-9/h1-3H. The summed E-state index contributed by atoms with van der Waals surface area (Å²) in [7, 11) is 0. The molecule has 0 spiro atoms. The minimum Gasteiger partial charge on any atom is -0.262 e. The molecular formula is C6H3Cl2N2. The Balaban J connectivity index is 3.30. The van der Waals surface area contributed by atoms with Crippen molar-refractivity contribution in [1.29, 1.82) is 0 Å². The molecule has 0 saturated carbocycles. The minimum absolute atomic E-state index is 0.343. The third kappa shape index (κ3) is 1.28. The van der Waals surface area contributed by atoms with Gasteiger partial charge in [-0.2, -0.15) is 5.41 Å². The van der Waals surface area contributed by atoms with Gasteiger partial charge in [0.25, 0.3) is 0 Å². The normalized spacial score (nSPS) is 9.40. The van der Waals surface area contributed by atoms with Gasteiger partial charge in [0.15, 0.2) is 0 Å². The van der Waals surface area contributed by atoms with E-state index >= 15 is 0 Å². The van der Waals surface area contributed by atoms with Crippen molar-refractivity contribution in [3.63, 3.8) is 0 Å². The molecule has 1 aromatic heterocycles. The zero-order valence-corrected chi connectivity index (χ0v) is 6.39. The van der Waals surface area contributed by atoms with Crippen LogP contribution in [0.3, 0.4) is 0 Å². The third-order valence-electron chi connectivity index (χ3n) is 1.02. The third-order valence-corrected chi connectivity index (χ3v) is 1.62. The van der Waals surface area contributed by atoms with Crippen molar-refractivity contribution in [3.05, 3.63) is 28.0 Å². The Kier molecular flexibility index (Phi) is 2.25. The van der Waals surface area contributed by atoms with Gasteiger partial charge in [0.1, 0.15) is 0 Å². The predicted octanol–water partition coefficient (Wildman–Crippen LogP) is 1.61. The van der Waals surface area contributed by atoms with Gasteiger partial charge in [-0.1, -0.05) is 23.2 Å². The van der Waals surface area contributed by atoms with E-state index in [4.69, 9.17) is 28.6 Å². The summed E-state index contributed by atoms with van der Waals surface area (Å²) >= 11 is 11.2. The van der Waals surface area contributed by atoms with E-state index in [1.165, 1.54) is 12.4 Å². The summed E-state index contributed by atoms with van der Waals surface area (Å²) in [6, 6.07) is 0. The van der Waals surface area contributed by atoms with E-state index in [9.17, 15) is 0 Å². The molecule has 51 valence electrons. The van der Waals surface area contributed by atoms with E-state index < -0.39 is 0 Å². The van der Waals surface area contributed by atoms with E-state index in [1.807, 2.05) is 0 Å². The summed E-state index contributed by atoms with van der Waals surface area (Å²) < 4.78 is 0. The molecule has 1 radical (unpaired) electrons. The number of pyridine rings is 1. The molecular weight excluding hydrogens is 171 g/mol. The first-order valence-electron chi connectivity index (χ1n) is 2.52. The summed E-state index contributed by atoms with van der Waals surface area (Å²) in [6.07, 6.45) is 3.68. The summed E-state index contributed by atoms with van der Waals surface area (Å²) in [6.45, 7) is 0. The molecule has 0 aromatic carbocycles. The highest BCUT2D eigenvalue weighted by Crippen LogP contribution is 2.19. The summed E-state index contributed by atoms with van der Waals surface area (Å²) in [5.74, 6) is 0. The van der Waals surface area contributed by atoms with Crippen LogP contribution < -0.4 is 5.41 Å². The number of halogens is 2. The van der Waals surface area contributed by atoms with E-state index in [-0.39, 0.29) is 0 Å². The van der Waals surface area contributed by atoms with Crippen molar-refractivity contribution in [2.45, 2.75) is 0 Å². The highest BCUT2D eigenvalue weighted by molar-refractivity contribution is 6.38. The second kappa shape index (κ2) is 2.99. The highest BCUT2D eigenvalue weighted by atomic mass is 35.5. The molecule has 10 heavy (non-hydrogen) atoms. The largest absolute Gasteiger partial charge is 0.262 e. The molecule has 0 aliphatic carbocycles. The fourth-order valence-electron chi connectivity index (χ4n) is 0.545. The zero-order chi connectivity index (χ0) is 7.56. The Morgan fingerprint density at radius 2 is 1.80 bits per heavy atom. The molecule has 0 atom stereocenters. The quantitative estimate of drug-likeness (QED) is 0.595. The van der Waals surface area contributed by atoms with Gasteiger partial charge >= 0.3 is 0 Å². The Hall–Kier alpha value is -0.600. The van der Waals surface area contributed by atoms with E-state index in [0.29, 0.717) is 15.6 Å². The van der Waals surface area contributed by atoms with Crippen LogP contribution in [0.2, 0.25) is 10.0 Å². The summed E-state index contributed by atoms with van der Waals surface area (Å²) in [5.41, 5.74) is 0.401.